The van der Waals surface area contributed by atoms with Crippen molar-refractivity contribution in [3.05, 3.63) is 17.2 Å². The third-order valence-corrected chi connectivity index (χ3v) is 4.86. The normalized spacial score (nSPS) is 23.4. The Kier molecular flexibility index (Phi) is 4.10. The molecule has 2 heterocycles. The maximum Gasteiger partial charge on any atom is 0.129 e. The summed E-state index contributed by atoms with van der Waals surface area (Å²) < 4.78 is 8.75. The lowest BCUT2D eigenvalue weighted by atomic mass is 9.97. The zero-order chi connectivity index (χ0) is 14.1. The second kappa shape index (κ2) is 5.84. The fraction of sp³-hybridized carbons (Fsp3) is 0.571. The molecule has 2 aromatic rings. The van der Waals surface area contributed by atoms with Crippen LogP contribution in [0.15, 0.2) is 12.1 Å². The summed E-state index contributed by atoms with van der Waals surface area (Å²) in [7, 11) is 0. The van der Waals surface area contributed by atoms with Crippen LogP contribution in [-0.2, 0) is 0 Å². The minimum absolute atomic E-state index is 0.456. The molecule has 0 amide bonds. The molecule has 1 fully saturated rings. The number of aromatic nitrogens is 2. The van der Waals surface area contributed by atoms with Crippen molar-refractivity contribution in [1.29, 1.82) is 0 Å². The van der Waals surface area contributed by atoms with Crippen molar-refractivity contribution in [2.45, 2.75) is 38.8 Å². The SMILES string of the molecule is CCNC1CCN(c2c(Cl)ccc3nsnc23)C(C)C1. The molecule has 0 bridgehead atoms. The number of hydrogen-bond acceptors (Lipinski definition) is 5. The Morgan fingerprint density at radius 3 is 3.05 bits per heavy atom. The van der Waals surface area contributed by atoms with Gasteiger partial charge in [0.05, 0.1) is 22.4 Å². The molecule has 108 valence electrons. The zero-order valence-electron chi connectivity index (χ0n) is 11.8. The highest BCUT2D eigenvalue weighted by atomic mass is 35.5. The van der Waals surface area contributed by atoms with Crippen molar-refractivity contribution in [2.75, 3.05) is 18.0 Å². The van der Waals surface area contributed by atoms with Gasteiger partial charge in [-0.15, -0.1) is 0 Å². The van der Waals surface area contributed by atoms with Crippen molar-refractivity contribution >= 4 is 40.0 Å². The second-order valence-electron chi connectivity index (χ2n) is 5.35. The minimum Gasteiger partial charge on any atom is -0.366 e. The molecule has 1 saturated heterocycles. The van der Waals surface area contributed by atoms with Gasteiger partial charge >= 0.3 is 0 Å². The van der Waals surface area contributed by atoms with Gasteiger partial charge < -0.3 is 10.2 Å². The highest BCUT2D eigenvalue weighted by Gasteiger charge is 2.28. The monoisotopic (exact) mass is 310 g/mol. The molecule has 0 spiro atoms. The molecule has 4 nitrogen and oxygen atoms in total. The summed E-state index contributed by atoms with van der Waals surface area (Å²) in [5, 5.41) is 4.32. The van der Waals surface area contributed by atoms with E-state index in [2.05, 4.69) is 32.8 Å². The number of piperidine rings is 1. The molecule has 0 aliphatic carbocycles. The molecule has 1 N–H and O–H groups in total. The van der Waals surface area contributed by atoms with Gasteiger partial charge in [-0.2, -0.15) is 8.75 Å². The number of nitrogens with one attached hydrogen (secondary N) is 1. The number of halogens is 1. The molecular formula is C14H19ClN4S. The van der Waals surface area contributed by atoms with Crippen LogP contribution in [0.2, 0.25) is 5.02 Å². The van der Waals surface area contributed by atoms with E-state index in [0.717, 1.165) is 47.7 Å². The Morgan fingerprint density at radius 2 is 2.30 bits per heavy atom. The Morgan fingerprint density at radius 1 is 1.45 bits per heavy atom. The van der Waals surface area contributed by atoms with E-state index < -0.39 is 0 Å². The third-order valence-electron chi connectivity index (χ3n) is 4.01. The van der Waals surface area contributed by atoms with Crippen LogP contribution in [0.5, 0.6) is 0 Å². The van der Waals surface area contributed by atoms with Gasteiger partial charge in [0.15, 0.2) is 0 Å². The summed E-state index contributed by atoms with van der Waals surface area (Å²) >= 11 is 7.69. The van der Waals surface area contributed by atoms with Crippen LogP contribution in [0.25, 0.3) is 11.0 Å². The minimum atomic E-state index is 0.456. The molecule has 1 aromatic carbocycles. The fourth-order valence-corrected chi connectivity index (χ4v) is 3.86. The van der Waals surface area contributed by atoms with E-state index in [-0.39, 0.29) is 0 Å². The van der Waals surface area contributed by atoms with Crippen LogP contribution in [-0.4, -0.2) is 33.9 Å². The molecule has 1 aliphatic heterocycles. The van der Waals surface area contributed by atoms with Crippen molar-refractivity contribution in [3.8, 4) is 0 Å². The van der Waals surface area contributed by atoms with Gasteiger partial charge in [-0.05, 0) is 38.4 Å². The Balaban J connectivity index is 1.92. The summed E-state index contributed by atoms with van der Waals surface area (Å²) in [6.45, 7) is 6.47. The average molecular weight is 311 g/mol. The molecule has 2 unspecified atom stereocenters. The zero-order valence-corrected chi connectivity index (χ0v) is 13.3. The van der Waals surface area contributed by atoms with E-state index >= 15 is 0 Å². The van der Waals surface area contributed by atoms with E-state index in [9.17, 15) is 0 Å². The third kappa shape index (κ3) is 2.50. The van der Waals surface area contributed by atoms with Crippen molar-refractivity contribution < 1.29 is 0 Å². The van der Waals surface area contributed by atoms with Crippen LogP contribution in [0.1, 0.15) is 26.7 Å². The van der Waals surface area contributed by atoms with Crippen LogP contribution < -0.4 is 10.2 Å². The highest BCUT2D eigenvalue weighted by Crippen LogP contribution is 2.36. The molecule has 20 heavy (non-hydrogen) atoms. The molecule has 6 heteroatoms. The first-order valence-corrected chi connectivity index (χ1v) is 8.22. The lowest BCUT2D eigenvalue weighted by molar-refractivity contribution is 0.374. The lowest BCUT2D eigenvalue weighted by Gasteiger charge is -2.40. The van der Waals surface area contributed by atoms with Crippen molar-refractivity contribution in [3.63, 3.8) is 0 Å². The number of rotatable bonds is 3. The molecular weight excluding hydrogens is 292 g/mol. The van der Waals surface area contributed by atoms with Crippen molar-refractivity contribution in [2.24, 2.45) is 0 Å². The van der Waals surface area contributed by atoms with E-state index in [1.165, 1.54) is 11.7 Å². The molecule has 3 rings (SSSR count). The highest BCUT2D eigenvalue weighted by molar-refractivity contribution is 7.00. The van der Waals surface area contributed by atoms with E-state index in [1.54, 1.807) is 0 Å². The van der Waals surface area contributed by atoms with Crippen LogP contribution in [0, 0.1) is 0 Å². The predicted molar refractivity (Wildman–Crippen MR) is 85.9 cm³/mol. The molecule has 1 aliphatic rings. The predicted octanol–water partition coefficient (Wildman–Crippen LogP) is 3.31. The maximum absolute atomic E-state index is 6.44. The summed E-state index contributed by atoms with van der Waals surface area (Å²) in [5.41, 5.74) is 2.94. The first kappa shape index (κ1) is 14.0. The van der Waals surface area contributed by atoms with Crippen LogP contribution in [0.3, 0.4) is 0 Å². The van der Waals surface area contributed by atoms with Gasteiger partial charge in [-0.1, -0.05) is 18.5 Å². The number of anilines is 1. The number of hydrogen-bond donors (Lipinski definition) is 1. The van der Waals surface area contributed by atoms with E-state index in [4.69, 9.17) is 11.6 Å². The molecule has 0 saturated carbocycles. The van der Waals surface area contributed by atoms with E-state index in [1.807, 2.05) is 12.1 Å². The summed E-state index contributed by atoms with van der Waals surface area (Å²) in [6, 6.07) is 4.94. The second-order valence-corrected chi connectivity index (χ2v) is 6.28. The maximum atomic E-state index is 6.44. The molecule has 1 aromatic heterocycles. The Hall–Kier alpha value is -0.910. The smallest absolute Gasteiger partial charge is 0.129 e. The summed E-state index contributed by atoms with van der Waals surface area (Å²) in [6.07, 6.45) is 2.28. The largest absolute Gasteiger partial charge is 0.366 e. The number of fused-ring (bicyclic) bond motifs is 1. The first-order chi connectivity index (χ1) is 9.70. The fourth-order valence-electron chi connectivity index (χ4n) is 3.06. The Bertz CT molecular complexity index is 600. The number of nitrogens with zero attached hydrogens (tertiary/aromatic N) is 3. The van der Waals surface area contributed by atoms with Gasteiger partial charge in [-0.3, -0.25) is 0 Å². The lowest BCUT2D eigenvalue weighted by Crippen LogP contribution is -2.47. The van der Waals surface area contributed by atoms with Gasteiger partial charge in [0.25, 0.3) is 0 Å². The first-order valence-electron chi connectivity index (χ1n) is 7.11. The van der Waals surface area contributed by atoms with Gasteiger partial charge in [0.1, 0.15) is 11.0 Å². The van der Waals surface area contributed by atoms with Gasteiger partial charge in [0, 0.05) is 18.6 Å². The molecule has 2 atom stereocenters. The quantitative estimate of drug-likeness (QED) is 0.944. The number of benzene rings is 1. The summed E-state index contributed by atoms with van der Waals surface area (Å²) in [4.78, 5) is 2.39. The average Bonchev–Trinajstić information content (AvgIpc) is 2.89. The topological polar surface area (TPSA) is 41.0 Å². The standard InChI is InChI=1S/C14H19ClN4S/c1-3-16-10-6-7-19(9(2)8-10)14-11(15)4-5-12-13(14)18-20-17-12/h4-5,9-10,16H,3,6-8H2,1-2H3. The Labute approximate surface area is 128 Å². The van der Waals surface area contributed by atoms with Crippen LogP contribution in [0.4, 0.5) is 5.69 Å². The van der Waals surface area contributed by atoms with Gasteiger partial charge in [-0.25, -0.2) is 0 Å². The molecule has 0 radical (unpaired) electrons. The van der Waals surface area contributed by atoms with Gasteiger partial charge in [0.2, 0.25) is 0 Å². The summed E-state index contributed by atoms with van der Waals surface area (Å²) in [5.74, 6) is 0. The van der Waals surface area contributed by atoms with Crippen LogP contribution >= 0.6 is 23.3 Å². The van der Waals surface area contributed by atoms with E-state index in [0.29, 0.717) is 12.1 Å². The van der Waals surface area contributed by atoms with Crippen molar-refractivity contribution in [1.82, 2.24) is 14.1 Å².